The minimum Gasteiger partial charge on any atom is -0.299 e. The smallest absolute Gasteiger partial charge is 0.143 e. The molecule has 1 nitrogen and oxygen atoms in total. The maximum Gasteiger partial charge on any atom is 0.143 e. The zero-order valence-electron chi connectivity index (χ0n) is 8.33. The highest BCUT2D eigenvalue weighted by molar-refractivity contribution is 5.82. The Morgan fingerprint density at radius 1 is 1.36 bits per heavy atom. The van der Waals surface area contributed by atoms with Crippen LogP contribution in [0.4, 0.5) is 4.39 Å². The van der Waals surface area contributed by atoms with Crippen molar-refractivity contribution < 1.29 is 9.18 Å². The number of halogens is 1. The van der Waals surface area contributed by atoms with Gasteiger partial charge >= 0.3 is 0 Å². The second kappa shape index (κ2) is 4.70. The lowest BCUT2D eigenvalue weighted by atomic mass is 9.95. The van der Waals surface area contributed by atoms with Crippen molar-refractivity contribution in [1.82, 2.24) is 0 Å². The molecule has 0 atom stereocenters. The molecule has 0 aromatic heterocycles. The lowest BCUT2D eigenvalue weighted by molar-refractivity contribution is -0.104. The molecule has 0 aliphatic rings. The Balaban J connectivity index is 3.19. The predicted octanol–water partition coefficient (Wildman–Crippen LogP) is 3.06. The molecule has 74 valence electrons. The van der Waals surface area contributed by atoms with Crippen molar-refractivity contribution in [2.75, 3.05) is 0 Å². The normalized spacial score (nSPS) is 11.9. The fourth-order valence-corrected chi connectivity index (χ4v) is 1.36. The lowest BCUT2D eigenvalue weighted by Crippen LogP contribution is -1.97. The summed E-state index contributed by atoms with van der Waals surface area (Å²) in [6.45, 7) is 3.86. The van der Waals surface area contributed by atoms with Gasteiger partial charge in [0.25, 0.3) is 0 Å². The van der Waals surface area contributed by atoms with Crippen molar-refractivity contribution in [3.05, 3.63) is 41.7 Å². The summed E-state index contributed by atoms with van der Waals surface area (Å²) in [5.41, 5.74) is 1.24. The molecular formula is C12H13FO. The van der Waals surface area contributed by atoms with Crippen molar-refractivity contribution in [1.29, 1.82) is 0 Å². The number of hydrogen-bond acceptors (Lipinski definition) is 1. The van der Waals surface area contributed by atoms with E-state index in [0.717, 1.165) is 5.57 Å². The molecule has 1 aromatic rings. The molecule has 0 amide bonds. The number of rotatable bonds is 3. The molecule has 2 heteroatoms. The van der Waals surface area contributed by atoms with E-state index in [2.05, 4.69) is 0 Å². The Labute approximate surface area is 83.3 Å². The Morgan fingerprint density at radius 3 is 2.50 bits per heavy atom. The largest absolute Gasteiger partial charge is 0.299 e. The first-order valence-electron chi connectivity index (χ1n) is 4.57. The molecule has 0 radical (unpaired) electrons. The van der Waals surface area contributed by atoms with Crippen LogP contribution in [0.15, 0.2) is 30.3 Å². The average molecular weight is 192 g/mol. The van der Waals surface area contributed by atoms with Gasteiger partial charge in [-0.05, 0) is 23.6 Å². The molecule has 1 aromatic carbocycles. The summed E-state index contributed by atoms with van der Waals surface area (Å²) in [5, 5.41) is 0. The van der Waals surface area contributed by atoms with Crippen LogP contribution in [0.5, 0.6) is 0 Å². The van der Waals surface area contributed by atoms with Crippen LogP contribution in [0.1, 0.15) is 19.4 Å². The topological polar surface area (TPSA) is 17.1 Å². The van der Waals surface area contributed by atoms with Gasteiger partial charge in [0.15, 0.2) is 0 Å². The Hall–Kier alpha value is -1.44. The van der Waals surface area contributed by atoms with Gasteiger partial charge in [0, 0.05) is 5.56 Å². The van der Waals surface area contributed by atoms with Gasteiger partial charge in [0.05, 0.1) is 0 Å². The summed E-state index contributed by atoms with van der Waals surface area (Å²) >= 11 is 0. The fourth-order valence-electron chi connectivity index (χ4n) is 1.36. The molecule has 0 heterocycles. The van der Waals surface area contributed by atoms with Gasteiger partial charge in [0.1, 0.15) is 12.1 Å². The highest BCUT2D eigenvalue weighted by Gasteiger charge is 2.09. The van der Waals surface area contributed by atoms with E-state index in [0.29, 0.717) is 11.8 Å². The molecule has 0 N–H and O–H groups in total. The minimum atomic E-state index is -0.283. The van der Waals surface area contributed by atoms with Crippen LogP contribution < -0.4 is 0 Å². The molecule has 0 bridgehead atoms. The van der Waals surface area contributed by atoms with E-state index >= 15 is 0 Å². The average Bonchev–Trinajstić information content (AvgIpc) is 2.15. The first kappa shape index (κ1) is 10.6. The first-order valence-corrected chi connectivity index (χ1v) is 4.57. The summed E-state index contributed by atoms with van der Waals surface area (Å²) in [6.07, 6.45) is 2.12. The lowest BCUT2D eigenvalue weighted by Gasteiger charge is -2.11. The first-order chi connectivity index (χ1) is 6.66. The summed E-state index contributed by atoms with van der Waals surface area (Å²) in [4.78, 5) is 10.4. The van der Waals surface area contributed by atoms with Gasteiger partial charge in [-0.3, -0.25) is 4.79 Å². The highest BCUT2D eigenvalue weighted by Crippen LogP contribution is 2.24. The van der Waals surface area contributed by atoms with Gasteiger partial charge in [-0.2, -0.15) is 0 Å². The van der Waals surface area contributed by atoms with E-state index in [-0.39, 0.29) is 11.7 Å². The molecule has 0 saturated heterocycles. The Kier molecular flexibility index (Phi) is 3.57. The van der Waals surface area contributed by atoms with Crippen molar-refractivity contribution in [2.24, 2.45) is 5.92 Å². The van der Waals surface area contributed by atoms with Crippen LogP contribution in [0.25, 0.3) is 5.57 Å². The molecule has 0 aliphatic carbocycles. The number of carbonyl (C=O) groups is 1. The standard InChI is InChI=1S/C12H13FO/c1-9(2)10(7-8-14)11-5-3-4-6-12(11)13/h3-9H,1-2H3/b10-7-. The highest BCUT2D eigenvalue weighted by atomic mass is 19.1. The number of aldehydes is 1. The van der Waals surface area contributed by atoms with Crippen LogP contribution in [0.2, 0.25) is 0 Å². The number of hydrogen-bond donors (Lipinski definition) is 0. The maximum absolute atomic E-state index is 13.4. The van der Waals surface area contributed by atoms with Crippen LogP contribution in [-0.2, 0) is 4.79 Å². The minimum absolute atomic E-state index is 0.136. The summed E-state index contributed by atoms with van der Waals surface area (Å²) in [5.74, 6) is -0.147. The molecular weight excluding hydrogens is 179 g/mol. The molecule has 14 heavy (non-hydrogen) atoms. The number of allylic oxidation sites excluding steroid dienone is 2. The second-order valence-electron chi connectivity index (χ2n) is 3.39. The van der Waals surface area contributed by atoms with Crippen LogP contribution >= 0.6 is 0 Å². The third kappa shape index (κ3) is 2.28. The zero-order chi connectivity index (χ0) is 10.6. The van der Waals surface area contributed by atoms with Crippen molar-refractivity contribution >= 4 is 11.9 Å². The monoisotopic (exact) mass is 192 g/mol. The van der Waals surface area contributed by atoms with Gasteiger partial charge in [-0.25, -0.2) is 4.39 Å². The maximum atomic E-state index is 13.4. The predicted molar refractivity (Wildman–Crippen MR) is 55.3 cm³/mol. The molecule has 0 aliphatic heterocycles. The van der Waals surface area contributed by atoms with E-state index in [1.165, 1.54) is 12.1 Å². The molecule has 0 unspecified atom stereocenters. The van der Waals surface area contributed by atoms with Gasteiger partial charge in [0.2, 0.25) is 0 Å². The van der Waals surface area contributed by atoms with E-state index in [4.69, 9.17) is 0 Å². The van der Waals surface area contributed by atoms with Gasteiger partial charge < -0.3 is 0 Å². The van der Waals surface area contributed by atoms with Crippen molar-refractivity contribution in [3.8, 4) is 0 Å². The third-order valence-electron chi connectivity index (χ3n) is 2.05. The van der Waals surface area contributed by atoms with Crippen molar-refractivity contribution in [2.45, 2.75) is 13.8 Å². The number of benzene rings is 1. The quantitative estimate of drug-likeness (QED) is 0.531. The second-order valence-corrected chi connectivity index (χ2v) is 3.39. The molecule has 0 saturated carbocycles. The molecule has 0 spiro atoms. The van der Waals surface area contributed by atoms with Gasteiger partial charge in [-0.15, -0.1) is 0 Å². The Morgan fingerprint density at radius 2 is 2.00 bits per heavy atom. The Bertz CT molecular complexity index is 353. The van der Waals surface area contributed by atoms with Gasteiger partial charge in [-0.1, -0.05) is 32.0 Å². The molecule has 1 rings (SSSR count). The van der Waals surface area contributed by atoms with E-state index in [1.54, 1.807) is 18.2 Å². The van der Waals surface area contributed by atoms with Crippen LogP contribution in [-0.4, -0.2) is 6.29 Å². The van der Waals surface area contributed by atoms with E-state index in [9.17, 15) is 9.18 Å². The van der Waals surface area contributed by atoms with Crippen LogP contribution in [0, 0.1) is 11.7 Å². The summed E-state index contributed by atoms with van der Waals surface area (Å²) in [6, 6.07) is 6.48. The zero-order valence-corrected chi connectivity index (χ0v) is 8.33. The van der Waals surface area contributed by atoms with E-state index in [1.807, 2.05) is 13.8 Å². The summed E-state index contributed by atoms with van der Waals surface area (Å²) < 4.78 is 13.4. The van der Waals surface area contributed by atoms with Crippen LogP contribution in [0.3, 0.4) is 0 Å². The SMILES string of the molecule is CC(C)/C(=C/C=O)c1ccccc1F. The molecule has 0 fully saturated rings. The number of carbonyl (C=O) groups excluding carboxylic acids is 1. The fraction of sp³-hybridized carbons (Fsp3) is 0.250. The van der Waals surface area contributed by atoms with Crippen molar-refractivity contribution in [3.63, 3.8) is 0 Å². The summed E-state index contributed by atoms with van der Waals surface area (Å²) in [7, 11) is 0. The van der Waals surface area contributed by atoms with E-state index < -0.39 is 0 Å². The third-order valence-corrected chi connectivity index (χ3v) is 2.05.